The van der Waals surface area contributed by atoms with Crippen LogP contribution < -0.4 is 5.32 Å². The summed E-state index contributed by atoms with van der Waals surface area (Å²) in [7, 11) is 0. The van der Waals surface area contributed by atoms with Crippen molar-refractivity contribution < 1.29 is 0 Å². The highest BCUT2D eigenvalue weighted by molar-refractivity contribution is 6.08. The fourth-order valence-corrected chi connectivity index (χ4v) is 1.04. The second kappa shape index (κ2) is 1.37. The molecule has 0 bridgehead atoms. The molecule has 46 valence electrons. The fourth-order valence-electron chi connectivity index (χ4n) is 1.04. The highest BCUT2D eigenvalue weighted by atomic mass is 15.0. The van der Waals surface area contributed by atoms with E-state index in [0.717, 1.165) is 11.4 Å². The third-order valence-corrected chi connectivity index (χ3v) is 1.51. The van der Waals surface area contributed by atoms with Gasteiger partial charge in [-0.3, -0.25) is 0 Å². The molecule has 1 aliphatic rings. The molecule has 0 amide bonds. The van der Waals surface area contributed by atoms with Crippen molar-refractivity contribution in [2.45, 2.75) is 0 Å². The first-order valence-electron chi connectivity index (χ1n) is 2.87. The molecule has 0 aliphatic carbocycles. The first kappa shape index (κ1) is 4.61. The summed E-state index contributed by atoms with van der Waals surface area (Å²) < 4.78 is 0. The van der Waals surface area contributed by atoms with Crippen molar-refractivity contribution in [3.63, 3.8) is 0 Å². The predicted octanol–water partition coefficient (Wildman–Crippen LogP) is 0.808. The third kappa shape index (κ3) is 0.483. The summed E-state index contributed by atoms with van der Waals surface area (Å²) in [6.07, 6.45) is 1.84. The Labute approximate surface area is 52.6 Å². The lowest BCUT2D eigenvalue weighted by molar-refractivity contribution is 1.32. The van der Waals surface area contributed by atoms with Gasteiger partial charge >= 0.3 is 0 Å². The Morgan fingerprint density at radius 1 is 1.56 bits per heavy atom. The minimum absolute atomic E-state index is 0.669. The van der Waals surface area contributed by atoms with Crippen molar-refractivity contribution in [2.24, 2.45) is 0 Å². The van der Waals surface area contributed by atoms with Gasteiger partial charge in [-0.2, -0.15) is 0 Å². The molecule has 1 aromatic rings. The number of anilines is 1. The molecule has 0 radical (unpaired) electrons. The SMILES string of the molecule is N=C1CNc2[nH]ccc21. The minimum atomic E-state index is 0.669. The molecule has 1 aromatic heterocycles. The van der Waals surface area contributed by atoms with Crippen LogP contribution in [-0.4, -0.2) is 17.2 Å². The molecule has 3 N–H and O–H groups in total. The van der Waals surface area contributed by atoms with E-state index in [0.29, 0.717) is 12.3 Å². The molecule has 0 spiro atoms. The molecule has 0 saturated heterocycles. The van der Waals surface area contributed by atoms with E-state index in [9.17, 15) is 0 Å². The number of nitrogens with one attached hydrogen (secondary N) is 3. The lowest BCUT2D eigenvalue weighted by Crippen LogP contribution is -2.01. The van der Waals surface area contributed by atoms with Crippen molar-refractivity contribution in [3.8, 4) is 0 Å². The zero-order valence-electron chi connectivity index (χ0n) is 4.86. The number of H-pyrrole nitrogens is 1. The molecule has 9 heavy (non-hydrogen) atoms. The number of aromatic nitrogens is 1. The zero-order chi connectivity index (χ0) is 6.27. The Morgan fingerprint density at radius 3 is 3.22 bits per heavy atom. The Morgan fingerprint density at radius 2 is 2.44 bits per heavy atom. The summed E-state index contributed by atoms with van der Waals surface area (Å²) in [6.45, 7) is 0.669. The van der Waals surface area contributed by atoms with Crippen LogP contribution in [0.2, 0.25) is 0 Å². The van der Waals surface area contributed by atoms with Gasteiger partial charge in [-0.15, -0.1) is 0 Å². The molecule has 0 unspecified atom stereocenters. The molecule has 0 aromatic carbocycles. The van der Waals surface area contributed by atoms with Gasteiger partial charge in [0.2, 0.25) is 0 Å². The quantitative estimate of drug-likeness (QED) is 0.467. The molecule has 2 rings (SSSR count). The lowest BCUT2D eigenvalue weighted by Gasteiger charge is -1.87. The van der Waals surface area contributed by atoms with Crippen LogP contribution in [0.15, 0.2) is 12.3 Å². The van der Waals surface area contributed by atoms with Gasteiger partial charge in [0.1, 0.15) is 5.82 Å². The van der Waals surface area contributed by atoms with Gasteiger partial charge in [-0.25, -0.2) is 0 Å². The Hall–Kier alpha value is -1.25. The van der Waals surface area contributed by atoms with Crippen LogP contribution in [0.25, 0.3) is 0 Å². The standard InChI is InChI=1S/C6H7N3/c7-5-3-9-6-4(5)1-2-8-6/h1-2,7-9H,3H2. The maximum Gasteiger partial charge on any atom is 0.112 e. The average molecular weight is 121 g/mol. The monoisotopic (exact) mass is 121 g/mol. The molecule has 0 saturated carbocycles. The molecular weight excluding hydrogens is 114 g/mol. The number of hydrogen-bond acceptors (Lipinski definition) is 2. The summed E-state index contributed by atoms with van der Waals surface area (Å²) >= 11 is 0. The van der Waals surface area contributed by atoms with Gasteiger partial charge in [0, 0.05) is 11.8 Å². The van der Waals surface area contributed by atoms with Gasteiger partial charge in [-0.1, -0.05) is 0 Å². The maximum absolute atomic E-state index is 7.36. The van der Waals surface area contributed by atoms with Crippen molar-refractivity contribution in [1.29, 1.82) is 5.41 Å². The Balaban J connectivity index is 2.61. The second-order valence-corrected chi connectivity index (χ2v) is 2.10. The summed E-state index contributed by atoms with van der Waals surface area (Å²) in [5.41, 5.74) is 1.68. The van der Waals surface area contributed by atoms with Crippen LogP contribution in [0.5, 0.6) is 0 Å². The van der Waals surface area contributed by atoms with Crippen LogP contribution in [0.4, 0.5) is 5.82 Å². The molecule has 2 heterocycles. The number of aromatic amines is 1. The van der Waals surface area contributed by atoms with Crippen LogP contribution in [0.3, 0.4) is 0 Å². The summed E-state index contributed by atoms with van der Waals surface area (Å²) in [6, 6.07) is 1.91. The normalized spacial score (nSPS) is 15.3. The highest BCUT2D eigenvalue weighted by Crippen LogP contribution is 2.18. The van der Waals surface area contributed by atoms with E-state index in [1.807, 2.05) is 12.3 Å². The van der Waals surface area contributed by atoms with Crippen LogP contribution in [0.1, 0.15) is 5.56 Å². The van der Waals surface area contributed by atoms with Gasteiger partial charge in [0.15, 0.2) is 0 Å². The van der Waals surface area contributed by atoms with Crippen LogP contribution >= 0.6 is 0 Å². The van der Waals surface area contributed by atoms with Crippen LogP contribution in [-0.2, 0) is 0 Å². The second-order valence-electron chi connectivity index (χ2n) is 2.10. The number of rotatable bonds is 0. The van der Waals surface area contributed by atoms with E-state index in [1.54, 1.807) is 0 Å². The largest absolute Gasteiger partial charge is 0.365 e. The van der Waals surface area contributed by atoms with Gasteiger partial charge in [-0.05, 0) is 6.07 Å². The lowest BCUT2D eigenvalue weighted by atomic mass is 10.2. The van der Waals surface area contributed by atoms with Crippen molar-refractivity contribution >= 4 is 11.5 Å². The maximum atomic E-state index is 7.36. The fraction of sp³-hybridized carbons (Fsp3) is 0.167. The van der Waals surface area contributed by atoms with E-state index in [-0.39, 0.29) is 0 Å². The van der Waals surface area contributed by atoms with Gasteiger partial charge < -0.3 is 15.7 Å². The minimum Gasteiger partial charge on any atom is -0.365 e. The molecule has 3 nitrogen and oxygen atoms in total. The predicted molar refractivity (Wildman–Crippen MR) is 36.1 cm³/mol. The first-order valence-corrected chi connectivity index (χ1v) is 2.87. The number of hydrogen-bond donors (Lipinski definition) is 3. The van der Waals surface area contributed by atoms with Gasteiger partial charge in [0.25, 0.3) is 0 Å². The van der Waals surface area contributed by atoms with Crippen molar-refractivity contribution in [1.82, 2.24) is 4.98 Å². The average Bonchev–Trinajstić information content (AvgIpc) is 2.35. The van der Waals surface area contributed by atoms with Crippen molar-refractivity contribution in [2.75, 3.05) is 11.9 Å². The molecule has 3 heteroatoms. The zero-order valence-corrected chi connectivity index (χ0v) is 4.86. The summed E-state index contributed by atoms with van der Waals surface area (Å²) in [5.74, 6) is 0.986. The van der Waals surface area contributed by atoms with Gasteiger partial charge in [0.05, 0.1) is 12.3 Å². The molecular formula is C6H7N3. The Kier molecular flexibility index (Phi) is 0.704. The van der Waals surface area contributed by atoms with Crippen molar-refractivity contribution in [3.05, 3.63) is 17.8 Å². The summed E-state index contributed by atoms with van der Waals surface area (Å²) in [5, 5.41) is 10.4. The van der Waals surface area contributed by atoms with E-state index >= 15 is 0 Å². The van der Waals surface area contributed by atoms with E-state index in [1.165, 1.54) is 0 Å². The Bertz CT molecular complexity index is 249. The third-order valence-electron chi connectivity index (χ3n) is 1.51. The molecule has 0 fully saturated rings. The summed E-state index contributed by atoms with van der Waals surface area (Å²) in [4.78, 5) is 3.00. The smallest absolute Gasteiger partial charge is 0.112 e. The molecule has 1 aliphatic heterocycles. The van der Waals surface area contributed by atoms with E-state index < -0.39 is 0 Å². The molecule has 0 atom stereocenters. The highest BCUT2D eigenvalue weighted by Gasteiger charge is 2.14. The van der Waals surface area contributed by atoms with E-state index in [4.69, 9.17) is 5.41 Å². The number of fused-ring (bicyclic) bond motifs is 1. The van der Waals surface area contributed by atoms with Crippen LogP contribution in [0, 0.1) is 5.41 Å². The van der Waals surface area contributed by atoms with E-state index in [2.05, 4.69) is 10.3 Å². The first-order chi connectivity index (χ1) is 4.38. The topological polar surface area (TPSA) is 51.7 Å².